The van der Waals surface area contributed by atoms with Crippen LogP contribution in [0.25, 0.3) is 20.8 Å². The third-order valence-corrected chi connectivity index (χ3v) is 8.13. The predicted molar refractivity (Wildman–Crippen MR) is 174 cm³/mol. The quantitative estimate of drug-likeness (QED) is 0.199. The molecule has 0 aliphatic heterocycles. The Hall–Kier alpha value is -5.19. The molecule has 4 heteroatoms. The Morgan fingerprint density at radius 2 is 0.780 bits per heavy atom. The van der Waals surface area contributed by atoms with Gasteiger partial charge in [-0.25, -0.2) is 4.98 Å². The van der Waals surface area contributed by atoms with E-state index in [0.29, 0.717) is 0 Å². The second kappa shape index (κ2) is 11.1. The smallest absolute Gasteiger partial charge is 0.124 e. The summed E-state index contributed by atoms with van der Waals surface area (Å²) in [7, 11) is 0. The summed E-state index contributed by atoms with van der Waals surface area (Å²) < 4.78 is 1.16. The number of benzene rings is 6. The third kappa shape index (κ3) is 5.09. The van der Waals surface area contributed by atoms with Gasteiger partial charge >= 0.3 is 0 Å². The zero-order chi connectivity index (χ0) is 27.4. The maximum Gasteiger partial charge on any atom is 0.124 e. The molecule has 0 unspecified atom stereocenters. The summed E-state index contributed by atoms with van der Waals surface area (Å²) in [6.07, 6.45) is 0. The Morgan fingerprint density at radius 3 is 1.24 bits per heavy atom. The monoisotopic (exact) mass is 545 g/mol. The highest BCUT2D eigenvalue weighted by Gasteiger charge is 2.16. The minimum absolute atomic E-state index is 1.01. The van der Waals surface area contributed by atoms with Gasteiger partial charge in [-0.2, -0.15) is 0 Å². The van der Waals surface area contributed by atoms with E-state index in [1.165, 1.54) is 0 Å². The van der Waals surface area contributed by atoms with Crippen LogP contribution in [-0.2, 0) is 0 Å². The topological polar surface area (TPSA) is 19.4 Å². The fourth-order valence-electron chi connectivity index (χ4n) is 5.13. The predicted octanol–water partition coefficient (Wildman–Crippen LogP) is 10.9. The maximum atomic E-state index is 5.01. The lowest BCUT2D eigenvalue weighted by molar-refractivity contribution is 1.28. The van der Waals surface area contributed by atoms with Crippen LogP contribution in [0.15, 0.2) is 164 Å². The van der Waals surface area contributed by atoms with Crippen LogP contribution in [-0.4, -0.2) is 4.98 Å². The number of hydrogen-bond acceptors (Lipinski definition) is 4. The van der Waals surface area contributed by atoms with Crippen molar-refractivity contribution in [2.24, 2.45) is 0 Å². The van der Waals surface area contributed by atoms with E-state index >= 15 is 0 Å². The Bertz CT molecular complexity index is 1790. The maximum absolute atomic E-state index is 5.01. The van der Waals surface area contributed by atoms with Crippen molar-refractivity contribution in [3.8, 4) is 10.6 Å². The number of para-hydroxylation sites is 4. The van der Waals surface area contributed by atoms with Gasteiger partial charge in [-0.05, 0) is 91.0 Å². The van der Waals surface area contributed by atoms with Gasteiger partial charge in [0, 0.05) is 39.7 Å². The number of aromatic nitrogens is 1. The second-order valence-electron chi connectivity index (χ2n) is 9.73. The summed E-state index contributed by atoms with van der Waals surface area (Å²) in [5.41, 5.74) is 8.84. The minimum Gasteiger partial charge on any atom is -0.311 e. The average molecular weight is 546 g/mol. The van der Waals surface area contributed by atoms with E-state index in [4.69, 9.17) is 4.98 Å². The van der Waals surface area contributed by atoms with E-state index < -0.39 is 0 Å². The van der Waals surface area contributed by atoms with Crippen molar-refractivity contribution in [1.82, 2.24) is 4.98 Å². The standard InChI is InChI=1S/C37H27N3S/c1-5-13-29(14-6-1)39(30-15-7-2-8-16-30)33-23-21-28(22-24-33)37-38-35-26-25-34(27-36(35)41-37)40(31-17-9-3-10-18-31)32-19-11-4-12-20-32/h1-27H. The minimum atomic E-state index is 1.01. The van der Waals surface area contributed by atoms with Gasteiger partial charge in [0.15, 0.2) is 0 Å². The molecule has 0 aliphatic carbocycles. The molecule has 41 heavy (non-hydrogen) atoms. The van der Waals surface area contributed by atoms with Crippen molar-refractivity contribution in [2.75, 3.05) is 9.80 Å². The fraction of sp³-hybridized carbons (Fsp3) is 0. The molecule has 0 spiro atoms. The van der Waals surface area contributed by atoms with Crippen molar-refractivity contribution >= 4 is 55.7 Å². The van der Waals surface area contributed by atoms with Gasteiger partial charge in [0.25, 0.3) is 0 Å². The molecule has 0 aliphatic rings. The van der Waals surface area contributed by atoms with Crippen molar-refractivity contribution in [2.45, 2.75) is 0 Å². The zero-order valence-electron chi connectivity index (χ0n) is 22.3. The molecule has 1 heterocycles. The van der Waals surface area contributed by atoms with Gasteiger partial charge in [0.2, 0.25) is 0 Å². The van der Waals surface area contributed by atoms with Crippen molar-refractivity contribution < 1.29 is 0 Å². The van der Waals surface area contributed by atoms with Gasteiger partial charge in [-0.1, -0.05) is 72.8 Å². The van der Waals surface area contributed by atoms with E-state index in [2.05, 4.69) is 161 Å². The average Bonchev–Trinajstić information content (AvgIpc) is 3.48. The first-order valence-electron chi connectivity index (χ1n) is 13.6. The molecule has 0 bridgehead atoms. The fourth-order valence-corrected chi connectivity index (χ4v) is 6.14. The molecule has 0 saturated heterocycles. The Morgan fingerprint density at radius 1 is 0.390 bits per heavy atom. The molecule has 0 amide bonds. The summed E-state index contributed by atoms with van der Waals surface area (Å²) in [5.74, 6) is 0. The number of thiazole rings is 1. The number of hydrogen-bond donors (Lipinski definition) is 0. The summed E-state index contributed by atoms with van der Waals surface area (Å²) in [6, 6.07) is 57.2. The van der Waals surface area contributed by atoms with Crippen LogP contribution in [0.4, 0.5) is 34.1 Å². The number of anilines is 6. The Kier molecular flexibility index (Phi) is 6.73. The molecule has 1 aromatic heterocycles. The van der Waals surface area contributed by atoms with E-state index in [0.717, 1.165) is 54.9 Å². The van der Waals surface area contributed by atoms with Crippen molar-refractivity contribution in [1.29, 1.82) is 0 Å². The van der Waals surface area contributed by atoms with Crippen LogP contribution < -0.4 is 9.80 Å². The largest absolute Gasteiger partial charge is 0.311 e. The molecule has 0 atom stereocenters. The summed E-state index contributed by atoms with van der Waals surface area (Å²) in [5, 5.41) is 1.01. The molecule has 0 radical (unpaired) electrons. The first-order valence-corrected chi connectivity index (χ1v) is 14.5. The van der Waals surface area contributed by atoms with Gasteiger partial charge in [-0.3, -0.25) is 0 Å². The van der Waals surface area contributed by atoms with Crippen LogP contribution >= 0.6 is 11.3 Å². The van der Waals surface area contributed by atoms with E-state index in [-0.39, 0.29) is 0 Å². The van der Waals surface area contributed by atoms with E-state index in [1.54, 1.807) is 11.3 Å². The molecule has 0 fully saturated rings. The molecule has 7 rings (SSSR count). The molecule has 6 aromatic carbocycles. The van der Waals surface area contributed by atoms with Gasteiger partial charge in [0.1, 0.15) is 5.01 Å². The second-order valence-corrected chi connectivity index (χ2v) is 10.8. The first kappa shape index (κ1) is 24.8. The number of rotatable bonds is 7. The SMILES string of the molecule is c1ccc(N(c2ccccc2)c2ccc(-c3nc4ccc(N(c5ccccc5)c5ccccc5)cc4s3)cc2)cc1. The Balaban J connectivity index is 1.23. The van der Waals surface area contributed by atoms with Gasteiger partial charge in [-0.15, -0.1) is 11.3 Å². The molecular weight excluding hydrogens is 518 g/mol. The molecule has 7 aromatic rings. The number of nitrogens with zero attached hydrogens (tertiary/aromatic N) is 3. The highest BCUT2D eigenvalue weighted by molar-refractivity contribution is 7.21. The molecule has 0 saturated carbocycles. The van der Waals surface area contributed by atoms with Gasteiger partial charge < -0.3 is 9.80 Å². The summed E-state index contributed by atoms with van der Waals surface area (Å²) >= 11 is 1.73. The van der Waals surface area contributed by atoms with Crippen LogP contribution in [0.1, 0.15) is 0 Å². The highest BCUT2D eigenvalue weighted by Crippen LogP contribution is 2.40. The normalized spacial score (nSPS) is 10.9. The zero-order valence-corrected chi connectivity index (χ0v) is 23.2. The molecule has 196 valence electrons. The summed E-state index contributed by atoms with van der Waals surface area (Å²) in [4.78, 5) is 9.57. The Labute approximate surface area is 244 Å². The lowest BCUT2D eigenvalue weighted by Crippen LogP contribution is -2.09. The van der Waals surface area contributed by atoms with Crippen molar-refractivity contribution in [3.63, 3.8) is 0 Å². The summed E-state index contributed by atoms with van der Waals surface area (Å²) in [6.45, 7) is 0. The third-order valence-electron chi connectivity index (χ3n) is 7.06. The van der Waals surface area contributed by atoms with E-state index in [9.17, 15) is 0 Å². The van der Waals surface area contributed by atoms with Crippen molar-refractivity contribution in [3.05, 3.63) is 164 Å². The highest BCUT2D eigenvalue weighted by atomic mass is 32.1. The lowest BCUT2D eigenvalue weighted by atomic mass is 10.1. The number of fused-ring (bicyclic) bond motifs is 1. The van der Waals surface area contributed by atoms with Crippen LogP contribution in [0.3, 0.4) is 0 Å². The van der Waals surface area contributed by atoms with Crippen LogP contribution in [0.2, 0.25) is 0 Å². The molecule has 0 N–H and O–H groups in total. The molecule has 3 nitrogen and oxygen atoms in total. The van der Waals surface area contributed by atoms with Crippen LogP contribution in [0.5, 0.6) is 0 Å². The lowest BCUT2D eigenvalue weighted by Gasteiger charge is -2.25. The van der Waals surface area contributed by atoms with Crippen LogP contribution in [0, 0.1) is 0 Å². The molecular formula is C37H27N3S. The van der Waals surface area contributed by atoms with Gasteiger partial charge in [0.05, 0.1) is 10.2 Å². The van der Waals surface area contributed by atoms with E-state index in [1.807, 2.05) is 12.1 Å². The first-order chi connectivity index (χ1) is 20.3.